The molecule has 0 saturated carbocycles. The van der Waals surface area contributed by atoms with Gasteiger partial charge in [0, 0.05) is 50.9 Å². The molecule has 0 atom stereocenters. The molecule has 7 nitrogen and oxygen atoms in total. The van der Waals surface area contributed by atoms with E-state index in [9.17, 15) is 17.6 Å². The lowest BCUT2D eigenvalue weighted by molar-refractivity contribution is -0.137. The van der Waals surface area contributed by atoms with Gasteiger partial charge in [-0.05, 0) is 43.2 Å². The molecule has 0 N–H and O–H groups in total. The Labute approximate surface area is 188 Å². The number of halogens is 1. The molecule has 9 heteroatoms. The first-order valence-electron chi connectivity index (χ1n) is 10.8. The van der Waals surface area contributed by atoms with Gasteiger partial charge in [0.1, 0.15) is 16.5 Å². The monoisotopic (exact) mass is 461 g/mol. The summed E-state index contributed by atoms with van der Waals surface area (Å²) in [5.41, 5.74) is 1.16. The van der Waals surface area contributed by atoms with Crippen LogP contribution in [0.15, 0.2) is 53.4 Å². The summed E-state index contributed by atoms with van der Waals surface area (Å²) in [6.07, 6.45) is 0.906. The largest absolute Gasteiger partial charge is 0.495 e. The maximum absolute atomic E-state index is 13.7. The number of amides is 1. The van der Waals surface area contributed by atoms with Crippen molar-refractivity contribution in [3.05, 3.63) is 54.3 Å². The summed E-state index contributed by atoms with van der Waals surface area (Å²) in [6, 6.07) is 13.6. The topological polar surface area (TPSA) is 70.2 Å². The summed E-state index contributed by atoms with van der Waals surface area (Å²) in [4.78, 5) is 17.0. The van der Waals surface area contributed by atoms with Crippen molar-refractivity contribution in [3.63, 3.8) is 0 Å². The molecule has 2 heterocycles. The Morgan fingerprint density at radius 1 is 0.969 bits per heavy atom. The van der Waals surface area contributed by atoms with Gasteiger partial charge in [-0.25, -0.2) is 12.8 Å². The number of rotatable bonds is 5. The van der Waals surface area contributed by atoms with Crippen molar-refractivity contribution in [1.29, 1.82) is 0 Å². The van der Waals surface area contributed by atoms with Gasteiger partial charge in [-0.15, -0.1) is 0 Å². The van der Waals surface area contributed by atoms with Gasteiger partial charge >= 0.3 is 0 Å². The number of methoxy groups -OCH3 is 1. The maximum atomic E-state index is 13.7. The van der Waals surface area contributed by atoms with Gasteiger partial charge in [0.2, 0.25) is 15.9 Å². The van der Waals surface area contributed by atoms with Crippen LogP contribution in [0.1, 0.15) is 12.8 Å². The van der Waals surface area contributed by atoms with Crippen LogP contribution in [-0.4, -0.2) is 69.9 Å². The molecular weight excluding hydrogens is 433 g/mol. The minimum Gasteiger partial charge on any atom is -0.495 e. The zero-order valence-electron chi connectivity index (χ0n) is 18.1. The smallest absolute Gasteiger partial charge is 0.246 e. The van der Waals surface area contributed by atoms with Crippen LogP contribution < -0.4 is 9.64 Å². The lowest BCUT2D eigenvalue weighted by Crippen LogP contribution is -2.52. The fraction of sp³-hybridized carbons (Fsp3) is 0.435. The van der Waals surface area contributed by atoms with E-state index < -0.39 is 15.8 Å². The number of carbonyl (C=O) groups excluding carboxylic acids is 1. The van der Waals surface area contributed by atoms with E-state index in [1.54, 1.807) is 0 Å². The molecule has 4 rings (SSSR count). The average Bonchev–Trinajstić information content (AvgIpc) is 2.84. The van der Waals surface area contributed by atoms with Gasteiger partial charge in [0.25, 0.3) is 0 Å². The van der Waals surface area contributed by atoms with Crippen molar-refractivity contribution in [1.82, 2.24) is 9.21 Å². The van der Waals surface area contributed by atoms with Crippen molar-refractivity contribution >= 4 is 21.6 Å². The highest BCUT2D eigenvalue weighted by Gasteiger charge is 2.36. The Bertz CT molecular complexity index is 1050. The molecule has 0 radical (unpaired) electrons. The van der Waals surface area contributed by atoms with Gasteiger partial charge < -0.3 is 14.5 Å². The van der Waals surface area contributed by atoms with E-state index in [-0.39, 0.29) is 35.6 Å². The van der Waals surface area contributed by atoms with Crippen molar-refractivity contribution in [3.8, 4) is 5.75 Å². The maximum Gasteiger partial charge on any atom is 0.246 e. The molecule has 0 unspecified atom stereocenters. The van der Waals surface area contributed by atoms with E-state index in [4.69, 9.17) is 4.74 Å². The number of piperazine rings is 1. The molecule has 0 aliphatic carbocycles. The molecule has 0 spiro atoms. The van der Waals surface area contributed by atoms with Gasteiger partial charge in [0.15, 0.2) is 0 Å². The number of para-hydroxylation sites is 1. The summed E-state index contributed by atoms with van der Waals surface area (Å²) >= 11 is 0. The van der Waals surface area contributed by atoms with Crippen LogP contribution in [0.5, 0.6) is 5.75 Å². The second kappa shape index (κ2) is 9.46. The van der Waals surface area contributed by atoms with E-state index in [2.05, 4.69) is 17.0 Å². The Morgan fingerprint density at radius 3 is 2.25 bits per heavy atom. The Balaban J connectivity index is 1.35. The molecule has 32 heavy (non-hydrogen) atoms. The average molecular weight is 462 g/mol. The molecule has 1 amide bonds. The van der Waals surface area contributed by atoms with Crippen molar-refractivity contribution < 1.29 is 22.3 Å². The van der Waals surface area contributed by atoms with Crippen LogP contribution in [0, 0.1) is 11.7 Å². The SMILES string of the molecule is COc1ccc(F)cc1S(=O)(=O)N1CCC(C(=O)N2CCN(c3ccccc3)CC2)CC1. The molecule has 0 aromatic heterocycles. The van der Waals surface area contributed by atoms with E-state index in [0.717, 1.165) is 24.8 Å². The van der Waals surface area contributed by atoms with Crippen LogP contribution in [0.2, 0.25) is 0 Å². The lowest BCUT2D eigenvalue weighted by atomic mass is 9.96. The Kier molecular flexibility index (Phi) is 6.66. The molecule has 2 aromatic rings. The van der Waals surface area contributed by atoms with Crippen molar-refractivity contribution in [2.24, 2.45) is 5.92 Å². The predicted molar refractivity (Wildman–Crippen MR) is 120 cm³/mol. The molecule has 2 fully saturated rings. The summed E-state index contributed by atoms with van der Waals surface area (Å²) in [5, 5.41) is 0. The van der Waals surface area contributed by atoms with Crippen molar-refractivity contribution in [2.45, 2.75) is 17.7 Å². The van der Waals surface area contributed by atoms with Crippen LogP contribution >= 0.6 is 0 Å². The summed E-state index contributed by atoms with van der Waals surface area (Å²) in [6.45, 7) is 3.33. The quantitative estimate of drug-likeness (QED) is 0.685. The number of carbonyl (C=O) groups is 1. The highest BCUT2D eigenvalue weighted by Crippen LogP contribution is 2.31. The molecular formula is C23H28FN3O4S. The van der Waals surface area contributed by atoms with Gasteiger partial charge in [0.05, 0.1) is 7.11 Å². The first kappa shape index (κ1) is 22.5. The number of hydrogen-bond donors (Lipinski definition) is 0. The Morgan fingerprint density at radius 2 is 1.62 bits per heavy atom. The number of anilines is 1. The lowest BCUT2D eigenvalue weighted by Gasteiger charge is -2.39. The first-order valence-corrected chi connectivity index (χ1v) is 12.3. The highest BCUT2D eigenvalue weighted by molar-refractivity contribution is 7.89. The minimum absolute atomic E-state index is 0.0955. The van der Waals surface area contributed by atoms with Gasteiger partial charge in [-0.1, -0.05) is 18.2 Å². The fourth-order valence-electron chi connectivity index (χ4n) is 4.42. The number of piperidine rings is 1. The summed E-state index contributed by atoms with van der Waals surface area (Å²) in [7, 11) is -2.55. The molecule has 172 valence electrons. The minimum atomic E-state index is -3.90. The number of sulfonamides is 1. The van der Waals surface area contributed by atoms with E-state index in [0.29, 0.717) is 25.9 Å². The van der Waals surface area contributed by atoms with Gasteiger partial charge in [-0.2, -0.15) is 4.31 Å². The second-order valence-electron chi connectivity index (χ2n) is 8.12. The molecule has 2 saturated heterocycles. The number of nitrogens with zero attached hydrogens (tertiary/aromatic N) is 3. The predicted octanol–water partition coefficient (Wildman–Crippen LogP) is 2.58. The van der Waals surface area contributed by atoms with Gasteiger partial charge in [-0.3, -0.25) is 4.79 Å². The van der Waals surface area contributed by atoms with E-state index in [1.807, 2.05) is 23.1 Å². The highest BCUT2D eigenvalue weighted by atomic mass is 32.2. The molecule has 2 aromatic carbocycles. The van der Waals surface area contributed by atoms with Crippen LogP contribution in [-0.2, 0) is 14.8 Å². The number of ether oxygens (including phenoxy) is 1. The third kappa shape index (κ3) is 4.59. The van der Waals surface area contributed by atoms with Crippen LogP contribution in [0.4, 0.5) is 10.1 Å². The van der Waals surface area contributed by atoms with E-state index >= 15 is 0 Å². The molecule has 2 aliphatic rings. The standard InChI is InChI=1S/C23H28FN3O4S/c1-31-21-8-7-19(24)17-22(21)32(29,30)27-11-9-18(10-12-27)23(28)26-15-13-25(14-16-26)20-5-3-2-4-6-20/h2-8,17-18H,9-16H2,1H3. The summed E-state index contributed by atoms with van der Waals surface area (Å²) < 4.78 is 46.2. The third-order valence-electron chi connectivity index (χ3n) is 6.26. The van der Waals surface area contributed by atoms with E-state index in [1.165, 1.54) is 23.5 Å². The summed E-state index contributed by atoms with van der Waals surface area (Å²) in [5.74, 6) is -0.623. The zero-order valence-corrected chi connectivity index (χ0v) is 18.9. The van der Waals surface area contributed by atoms with Crippen LogP contribution in [0.25, 0.3) is 0 Å². The van der Waals surface area contributed by atoms with Crippen molar-refractivity contribution in [2.75, 3.05) is 51.3 Å². The zero-order chi connectivity index (χ0) is 22.7. The molecule has 2 aliphatic heterocycles. The number of hydrogen-bond acceptors (Lipinski definition) is 5. The first-order chi connectivity index (χ1) is 15.4. The third-order valence-corrected chi connectivity index (χ3v) is 8.18. The second-order valence-corrected chi connectivity index (χ2v) is 10.0. The Hall–Kier alpha value is -2.65. The fourth-order valence-corrected chi connectivity index (χ4v) is 6.05. The molecule has 0 bridgehead atoms. The van der Waals surface area contributed by atoms with Crippen LogP contribution in [0.3, 0.4) is 0 Å². The normalized spacial score (nSPS) is 18.6. The number of benzene rings is 2.